The Kier molecular flexibility index (Phi) is 4.10. The van der Waals surface area contributed by atoms with Crippen molar-refractivity contribution in [3.8, 4) is 11.5 Å². The molecule has 2 heterocycles. The molecule has 1 N–H and O–H groups in total. The molecule has 1 aliphatic carbocycles. The lowest BCUT2D eigenvalue weighted by Gasteiger charge is -2.03. The van der Waals surface area contributed by atoms with Crippen molar-refractivity contribution in [1.82, 2.24) is 15.5 Å². The summed E-state index contributed by atoms with van der Waals surface area (Å²) in [7, 11) is 0. The van der Waals surface area contributed by atoms with Crippen LogP contribution in [0.4, 0.5) is 0 Å². The molecule has 1 aliphatic rings. The smallest absolute Gasteiger partial charge is 0.258 e. The molecular formula is C17H21N3O2S. The van der Waals surface area contributed by atoms with Crippen LogP contribution >= 0.6 is 11.3 Å². The number of nitrogens with zero attached hydrogens (tertiary/aromatic N) is 2. The van der Waals surface area contributed by atoms with Crippen LogP contribution in [-0.2, 0) is 11.3 Å². The van der Waals surface area contributed by atoms with E-state index in [2.05, 4.69) is 49.2 Å². The molecule has 0 bridgehead atoms. The average Bonchev–Trinajstić information content (AvgIpc) is 2.96. The largest absolute Gasteiger partial charge is 0.348 e. The van der Waals surface area contributed by atoms with Gasteiger partial charge in [0, 0.05) is 5.38 Å². The first-order valence-corrected chi connectivity index (χ1v) is 8.62. The van der Waals surface area contributed by atoms with Crippen molar-refractivity contribution in [2.45, 2.75) is 34.2 Å². The predicted molar refractivity (Wildman–Crippen MR) is 89.6 cm³/mol. The van der Waals surface area contributed by atoms with Gasteiger partial charge in [-0.3, -0.25) is 4.79 Å². The second kappa shape index (κ2) is 5.92. The number of thiophene rings is 1. The van der Waals surface area contributed by atoms with E-state index >= 15 is 0 Å². The number of amides is 1. The average molecular weight is 331 g/mol. The summed E-state index contributed by atoms with van der Waals surface area (Å²) in [5, 5.41) is 10.8. The van der Waals surface area contributed by atoms with Crippen molar-refractivity contribution >= 4 is 17.2 Å². The summed E-state index contributed by atoms with van der Waals surface area (Å²) < 4.78 is 5.22. The molecule has 1 saturated carbocycles. The molecule has 0 aromatic carbocycles. The quantitative estimate of drug-likeness (QED) is 0.849. The lowest BCUT2D eigenvalue weighted by atomic mass is 10.1. The molecule has 23 heavy (non-hydrogen) atoms. The predicted octanol–water partition coefficient (Wildman–Crippen LogP) is 3.65. The number of aromatic nitrogens is 2. The van der Waals surface area contributed by atoms with Crippen LogP contribution in [0, 0.1) is 17.3 Å². The SMILES string of the molecule is CC(C)=C[C@@H]1[C@H](C(=O)NCc2noc(-c3ccsc3)n2)C1(C)C. The highest BCUT2D eigenvalue weighted by atomic mass is 32.1. The fourth-order valence-corrected chi connectivity index (χ4v) is 3.58. The van der Waals surface area contributed by atoms with Crippen LogP contribution < -0.4 is 5.32 Å². The Morgan fingerprint density at radius 2 is 2.26 bits per heavy atom. The number of allylic oxidation sites excluding steroid dienone is 2. The van der Waals surface area contributed by atoms with E-state index in [1.807, 2.05) is 16.8 Å². The van der Waals surface area contributed by atoms with Gasteiger partial charge < -0.3 is 9.84 Å². The molecule has 1 amide bonds. The third kappa shape index (κ3) is 3.22. The summed E-state index contributed by atoms with van der Waals surface area (Å²) >= 11 is 1.58. The molecule has 6 heteroatoms. The first-order valence-electron chi connectivity index (χ1n) is 7.67. The maximum Gasteiger partial charge on any atom is 0.258 e. The van der Waals surface area contributed by atoms with E-state index in [0.29, 0.717) is 24.2 Å². The molecule has 2 aromatic rings. The number of hydrogen-bond donors (Lipinski definition) is 1. The summed E-state index contributed by atoms with van der Waals surface area (Å²) in [5.41, 5.74) is 2.17. The molecule has 2 atom stereocenters. The topological polar surface area (TPSA) is 68.0 Å². The van der Waals surface area contributed by atoms with Crippen LogP contribution in [0.3, 0.4) is 0 Å². The normalized spacial score (nSPS) is 21.7. The Hall–Kier alpha value is -1.95. The lowest BCUT2D eigenvalue weighted by Crippen LogP contribution is -2.26. The maximum absolute atomic E-state index is 12.4. The van der Waals surface area contributed by atoms with Gasteiger partial charge in [-0.05, 0) is 36.6 Å². The minimum absolute atomic E-state index is 0.0143. The maximum atomic E-state index is 12.4. The van der Waals surface area contributed by atoms with Gasteiger partial charge >= 0.3 is 0 Å². The number of nitrogens with one attached hydrogen (secondary N) is 1. The van der Waals surface area contributed by atoms with Crippen molar-refractivity contribution in [3.05, 3.63) is 34.3 Å². The van der Waals surface area contributed by atoms with E-state index in [1.54, 1.807) is 11.3 Å². The van der Waals surface area contributed by atoms with E-state index in [1.165, 1.54) is 5.57 Å². The Balaban J connectivity index is 1.59. The van der Waals surface area contributed by atoms with Crippen molar-refractivity contribution < 1.29 is 9.32 Å². The first-order chi connectivity index (χ1) is 10.9. The molecular weight excluding hydrogens is 310 g/mol. The summed E-state index contributed by atoms with van der Waals surface area (Å²) in [6.07, 6.45) is 2.19. The Morgan fingerprint density at radius 3 is 2.91 bits per heavy atom. The van der Waals surface area contributed by atoms with Gasteiger partial charge in [-0.25, -0.2) is 0 Å². The van der Waals surface area contributed by atoms with Gasteiger partial charge in [0.15, 0.2) is 5.82 Å². The summed E-state index contributed by atoms with van der Waals surface area (Å²) in [4.78, 5) is 16.7. The van der Waals surface area contributed by atoms with Gasteiger partial charge in [0.05, 0.1) is 18.0 Å². The molecule has 0 unspecified atom stereocenters. The van der Waals surface area contributed by atoms with Gasteiger partial charge in [-0.15, -0.1) is 0 Å². The van der Waals surface area contributed by atoms with Gasteiger partial charge in [-0.2, -0.15) is 16.3 Å². The first kappa shape index (κ1) is 15.9. The number of rotatable bonds is 5. The molecule has 5 nitrogen and oxygen atoms in total. The lowest BCUT2D eigenvalue weighted by molar-refractivity contribution is -0.123. The van der Waals surface area contributed by atoms with Crippen LogP contribution in [0.25, 0.3) is 11.5 Å². The van der Waals surface area contributed by atoms with Gasteiger partial charge in [0.2, 0.25) is 5.91 Å². The fourth-order valence-electron chi connectivity index (χ4n) is 2.95. The van der Waals surface area contributed by atoms with Crippen LogP contribution in [-0.4, -0.2) is 16.0 Å². The number of carbonyl (C=O) groups is 1. The van der Waals surface area contributed by atoms with Gasteiger partial charge in [-0.1, -0.05) is 30.7 Å². The highest BCUT2D eigenvalue weighted by Gasteiger charge is 2.60. The van der Waals surface area contributed by atoms with E-state index in [9.17, 15) is 4.79 Å². The zero-order valence-corrected chi connectivity index (χ0v) is 14.6. The summed E-state index contributed by atoms with van der Waals surface area (Å²) in [6, 6.07) is 1.93. The molecule has 0 spiro atoms. The second-order valence-corrected chi connectivity index (χ2v) is 7.59. The fraction of sp³-hybridized carbons (Fsp3) is 0.471. The molecule has 2 aromatic heterocycles. The molecule has 3 rings (SSSR count). The van der Waals surface area contributed by atoms with Crippen LogP contribution in [0.2, 0.25) is 0 Å². The second-order valence-electron chi connectivity index (χ2n) is 6.81. The van der Waals surface area contributed by atoms with E-state index in [0.717, 1.165) is 5.56 Å². The highest BCUT2D eigenvalue weighted by Crippen LogP contribution is 2.59. The van der Waals surface area contributed by atoms with Crippen molar-refractivity contribution in [1.29, 1.82) is 0 Å². The Labute approximate surface area is 139 Å². The van der Waals surface area contributed by atoms with Gasteiger partial charge in [0.1, 0.15) is 0 Å². The third-order valence-corrected chi connectivity index (χ3v) is 5.05. The Morgan fingerprint density at radius 1 is 1.48 bits per heavy atom. The molecule has 0 radical (unpaired) electrons. The highest BCUT2D eigenvalue weighted by molar-refractivity contribution is 7.08. The standard InChI is InChI=1S/C17H21N3O2S/c1-10(2)7-12-14(17(12,3)4)15(21)18-8-13-19-16(22-20-13)11-5-6-23-9-11/h5-7,9,12,14H,8H2,1-4H3,(H,18,21)/t12-,14-/m1/s1. The third-order valence-electron chi connectivity index (χ3n) is 4.36. The minimum atomic E-state index is 0.0143. The van der Waals surface area contributed by atoms with Crippen LogP contribution in [0.5, 0.6) is 0 Å². The summed E-state index contributed by atoms with van der Waals surface area (Å²) in [5.74, 6) is 1.36. The van der Waals surface area contributed by atoms with Gasteiger partial charge in [0.25, 0.3) is 5.89 Å². The molecule has 122 valence electrons. The van der Waals surface area contributed by atoms with E-state index < -0.39 is 0 Å². The van der Waals surface area contributed by atoms with Crippen molar-refractivity contribution in [3.63, 3.8) is 0 Å². The monoisotopic (exact) mass is 331 g/mol. The van der Waals surface area contributed by atoms with E-state index in [-0.39, 0.29) is 17.2 Å². The van der Waals surface area contributed by atoms with Crippen LogP contribution in [0.15, 0.2) is 33.0 Å². The molecule has 0 saturated heterocycles. The molecule has 1 fully saturated rings. The zero-order valence-electron chi connectivity index (χ0n) is 13.8. The van der Waals surface area contributed by atoms with Crippen molar-refractivity contribution in [2.24, 2.45) is 17.3 Å². The van der Waals surface area contributed by atoms with E-state index in [4.69, 9.17) is 4.52 Å². The number of carbonyl (C=O) groups excluding carboxylic acids is 1. The Bertz CT molecular complexity index is 727. The zero-order chi connectivity index (χ0) is 16.6. The summed E-state index contributed by atoms with van der Waals surface area (Å²) in [6.45, 7) is 8.68. The van der Waals surface area contributed by atoms with Crippen molar-refractivity contribution in [2.75, 3.05) is 0 Å². The van der Waals surface area contributed by atoms with Crippen LogP contribution in [0.1, 0.15) is 33.5 Å². The molecule has 0 aliphatic heterocycles. The number of hydrogen-bond acceptors (Lipinski definition) is 5. The minimum Gasteiger partial charge on any atom is -0.348 e.